The molecule has 8 heteroatoms. The van der Waals surface area contributed by atoms with Gasteiger partial charge in [0.15, 0.2) is 11.4 Å². The maximum Gasteiger partial charge on any atom is 0.410 e. The Balaban J connectivity index is 1.86. The first-order chi connectivity index (χ1) is 13.3. The van der Waals surface area contributed by atoms with Crippen LogP contribution in [-0.2, 0) is 11.3 Å². The average molecular weight is 404 g/mol. The second kappa shape index (κ2) is 10.3. The summed E-state index contributed by atoms with van der Waals surface area (Å²) in [5.74, 6) is 0. The molecule has 1 saturated heterocycles. The molecule has 1 atom stereocenters. The van der Waals surface area contributed by atoms with Gasteiger partial charge in [0.25, 0.3) is 0 Å². The topological polar surface area (TPSA) is 89.8 Å². The Kier molecular flexibility index (Phi) is 8.15. The molecule has 28 heavy (non-hydrogen) atoms. The Morgan fingerprint density at radius 3 is 2.71 bits per heavy atom. The summed E-state index contributed by atoms with van der Waals surface area (Å²) < 4.78 is 5.48. The van der Waals surface area contributed by atoms with Gasteiger partial charge >= 0.3 is 6.09 Å². The molecule has 1 heterocycles. The average Bonchev–Trinajstić information content (AvgIpc) is 2.66. The molecule has 2 N–H and O–H groups in total. The van der Waals surface area contributed by atoms with E-state index in [1.165, 1.54) is 11.8 Å². The molecular formula is C20H29N5O2S. The summed E-state index contributed by atoms with van der Waals surface area (Å²) in [6.45, 7) is 7.79. The van der Waals surface area contributed by atoms with Crippen LogP contribution >= 0.6 is 11.8 Å². The molecule has 1 aliphatic rings. The zero-order valence-corrected chi connectivity index (χ0v) is 17.8. The lowest BCUT2D eigenvalue weighted by Crippen LogP contribution is -2.49. The van der Waals surface area contributed by atoms with Crippen LogP contribution in [0.4, 0.5) is 10.5 Å². The summed E-state index contributed by atoms with van der Waals surface area (Å²) in [6, 6.07) is 8.15. The molecule has 0 spiro atoms. The highest BCUT2D eigenvalue weighted by atomic mass is 32.2. The standard InChI is InChI=1S/C20H29N5O2S/c1-20(2,3)27-19(26)25-11-5-6-17(13-25)22-12-15-7-9-16(10-8-15)24-18(28-4)23-14-21/h7-10,17,22H,5-6,11-13H2,1-4H3,(H,23,24). The van der Waals surface area contributed by atoms with Crippen LogP contribution in [0.2, 0.25) is 0 Å². The van der Waals surface area contributed by atoms with Crippen LogP contribution in [0.3, 0.4) is 0 Å². The normalized spacial score (nSPS) is 17.8. The van der Waals surface area contributed by atoms with Crippen molar-refractivity contribution in [2.24, 2.45) is 4.99 Å². The van der Waals surface area contributed by atoms with E-state index in [4.69, 9.17) is 10.00 Å². The maximum atomic E-state index is 12.3. The monoisotopic (exact) mass is 403 g/mol. The summed E-state index contributed by atoms with van der Waals surface area (Å²) in [5.41, 5.74) is 1.47. The molecule has 0 radical (unpaired) electrons. The predicted octanol–water partition coefficient (Wildman–Crippen LogP) is 3.60. The van der Waals surface area contributed by atoms with Crippen molar-refractivity contribution in [2.75, 3.05) is 19.3 Å². The highest BCUT2D eigenvalue weighted by molar-refractivity contribution is 8.13. The van der Waals surface area contributed by atoms with E-state index in [1.54, 1.807) is 4.90 Å². The van der Waals surface area contributed by atoms with Crippen LogP contribution in [0.15, 0.2) is 29.3 Å². The lowest BCUT2D eigenvalue weighted by molar-refractivity contribution is 0.0187. The number of amidine groups is 1. The highest BCUT2D eigenvalue weighted by Crippen LogP contribution is 2.17. The van der Waals surface area contributed by atoms with Crippen LogP contribution in [-0.4, -0.2) is 47.1 Å². The van der Waals surface area contributed by atoms with E-state index in [2.05, 4.69) is 15.6 Å². The van der Waals surface area contributed by atoms with Crippen molar-refractivity contribution in [2.45, 2.75) is 51.8 Å². The van der Waals surface area contributed by atoms with E-state index < -0.39 is 5.60 Å². The Morgan fingerprint density at radius 2 is 2.11 bits per heavy atom. The van der Waals surface area contributed by atoms with Crippen LogP contribution in [0.1, 0.15) is 39.2 Å². The minimum atomic E-state index is -0.472. The Bertz CT molecular complexity index is 722. The molecule has 1 amide bonds. The molecule has 1 aliphatic heterocycles. The van der Waals surface area contributed by atoms with Crippen molar-refractivity contribution in [1.29, 1.82) is 5.26 Å². The zero-order chi connectivity index (χ0) is 20.6. The number of ether oxygens (including phenoxy) is 1. The third kappa shape index (κ3) is 7.41. The number of carbonyl (C=O) groups excluding carboxylic acids is 1. The van der Waals surface area contributed by atoms with E-state index in [0.717, 1.165) is 37.2 Å². The second-order valence-electron chi connectivity index (χ2n) is 7.67. The maximum absolute atomic E-state index is 12.3. The van der Waals surface area contributed by atoms with Gasteiger partial charge in [0.05, 0.1) is 5.69 Å². The smallest absolute Gasteiger partial charge is 0.410 e. The molecule has 1 unspecified atom stereocenters. The lowest BCUT2D eigenvalue weighted by Gasteiger charge is -2.34. The van der Waals surface area contributed by atoms with E-state index in [-0.39, 0.29) is 12.1 Å². The SMILES string of the molecule is CSC(=Nc1ccc(CNC2CCCN(C(=O)OC(C)(C)C)C2)cc1)NC#N. The molecule has 1 aromatic carbocycles. The van der Waals surface area contributed by atoms with E-state index in [1.807, 2.05) is 57.5 Å². The van der Waals surface area contributed by atoms with E-state index >= 15 is 0 Å². The number of carbonyl (C=O) groups is 1. The molecule has 1 aromatic rings. The number of nitrogens with zero attached hydrogens (tertiary/aromatic N) is 3. The molecule has 0 saturated carbocycles. The van der Waals surface area contributed by atoms with Crippen molar-refractivity contribution in [3.05, 3.63) is 29.8 Å². The van der Waals surface area contributed by atoms with Crippen molar-refractivity contribution in [3.8, 4) is 6.19 Å². The van der Waals surface area contributed by atoms with Crippen LogP contribution < -0.4 is 10.6 Å². The number of likely N-dealkylation sites (tertiary alicyclic amines) is 1. The Labute approximate surface area is 171 Å². The van der Waals surface area contributed by atoms with Gasteiger partial charge in [-0.15, -0.1) is 0 Å². The largest absolute Gasteiger partial charge is 0.444 e. The first kappa shape index (κ1) is 22.1. The van der Waals surface area contributed by atoms with Crippen molar-refractivity contribution < 1.29 is 9.53 Å². The third-order valence-corrected chi connectivity index (χ3v) is 4.77. The summed E-state index contributed by atoms with van der Waals surface area (Å²) in [6.07, 6.45) is 5.52. The van der Waals surface area contributed by atoms with Gasteiger partial charge in [0.1, 0.15) is 5.60 Å². The quantitative estimate of drug-likeness (QED) is 0.346. The second-order valence-corrected chi connectivity index (χ2v) is 8.47. The molecule has 0 aromatic heterocycles. The van der Waals surface area contributed by atoms with E-state index in [9.17, 15) is 4.79 Å². The third-order valence-electron chi connectivity index (χ3n) is 4.19. The fourth-order valence-electron chi connectivity index (χ4n) is 2.88. The van der Waals surface area contributed by atoms with Crippen LogP contribution in [0.5, 0.6) is 0 Å². The molecule has 1 fully saturated rings. The molecule has 152 valence electrons. The van der Waals surface area contributed by atoms with Crippen LogP contribution in [0, 0.1) is 11.5 Å². The number of amides is 1. The number of piperidine rings is 1. The minimum Gasteiger partial charge on any atom is -0.444 e. The summed E-state index contributed by atoms with van der Waals surface area (Å²) in [7, 11) is 0. The van der Waals surface area contributed by atoms with Crippen molar-refractivity contribution in [1.82, 2.24) is 15.5 Å². The first-order valence-electron chi connectivity index (χ1n) is 9.39. The Morgan fingerprint density at radius 1 is 1.39 bits per heavy atom. The predicted molar refractivity (Wildman–Crippen MR) is 113 cm³/mol. The number of hydrogen-bond donors (Lipinski definition) is 2. The molecule has 2 rings (SSSR count). The van der Waals surface area contributed by atoms with Gasteiger partial charge in [-0.3, -0.25) is 5.32 Å². The molecule has 7 nitrogen and oxygen atoms in total. The fraction of sp³-hybridized carbons (Fsp3) is 0.550. The van der Waals surface area contributed by atoms with Gasteiger partial charge in [-0.2, -0.15) is 5.26 Å². The summed E-state index contributed by atoms with van der Waals surface area (Å²) in [4.78, 5) is 18.4. The van der Waals surface area contributed by atoms with Gasteiger partial charge in [-0.1, -0.05) is 23.9 Å². The number of hydrogen-bond acceptors (Lipinski definition) is 6. The van der Waals surface area contributed by atoms with Crippen LogP contribution in [0.25, 0.3) is 0 Å². The molecule has 0 aliphatic carbocycles. The fourth-order valence-corrected chi connectivity index (χ4v) is 3.22. The molecular weight excluding hydrogens is 374 g/mol. The highest BCUT2D eigenvalue weighted by Gasteiger charge is 2.27. The number of aliphatic imine (C=N–C) groups is 1. The van der Waals surface area contributed by atoms with Crippen molar-refractivity contribution >= 4 is 28.7 Å². The summed E-state index contributed by atoms with van der Waals surface area (Å²) in [5, 5.41) is 15.4. The van der Waals surface area contributed by atoms with Gasteiger partial charge in [-0.25, -0.2) is 9.79 Å². The number of rotatable bonds is 4. The number of benzene rings is 1. The number of thioether (sulfide) groups is 1. The Hall–Kier alpha value is -2.24. The molecule has 0 bridgehead atoms. The van der Waals surface area contributed by atoms with Gasteiger partial charge in [-0.05, 0) is 57.6 Å². The zero-order valence-electron chi connectivity index (χ0n) is 17.0. The van der Waals surface area contributed by atoms with Gasteiger partial charge < -0.3 is 15.0 Å². The minimum absolute atomic E-state index is 0.239. The first-order valence-corrected chi connectivity index (χ1v) is 10.6. The van der Waals surface area contributed by atoms with Crippen molar-refractivity contribution in [3.63, 3.8) is 0 Å². The van der Waals surface area contributed by atoms with E-state index in [0.29, 0.717) is 11.7 Å². The van der Waals surface area contributed by atoms with Gasteiger partial charge in [0, 0.05) is 25.7 Å². The lowest BCUT2D eigenvalue weighted by atomic mass is 10.1. The number of nitriles is 1. The number of nitrogens with one attached hydrogen (secondary N) is 2. The summed E-state index contributed by atoms with van der Waals surface area (Å²) >= 11 is 1.39. The van der Waals surface area contributed by atoms with Gasteiger partial charge in [0.2, 0.25) is 0 Å².